The van der Waals surface area contributed by atoms with Crippen molar-refractivity contribution in [2.75, 3.05) is 0 Å². The van der Waals surface area contributed by atoms with E-state index in [0.717, 1.165) is 6.54 Å². The second-order valence-electron chi connectivity index (χ2n) is 3.72. The molecule has 0 N–H and O–H groups in total. The minimum absolute atomic E-state index is 0.599. The SMILES string of the molecule is CCn1cc[n+](COCc2ccccc2)c1. The molecule has 2 rings (SSSR count). The average molecular weight is 217 g/mol. The number of ether oxygens (including phenoxy) is 1. The molecule has 0 bridgehead atoms. The number of rotatable bonds is 5. The molecule has 84 valence electrons. The summed E-state index contributed by atoms with van der Waals surface area (Å²) in [6.45, 7) is 4.37. The zero-order valence-electron chi connectivity index (χ0n) is 9.54. The van der Waals surface area contributed by atoms with Gasteiger partial charge < -0.3 is 4.74 Å². The Morgan fingerprint density at radius 2 is 2.06 bits per heavy atom. The maximum atomic E-state index is 5.61. The van der Waals surface area contributed by atoms with Crippen molar-refractivity contribution in [2.45, 2.75) is 26.8 Å². The van der Waals surface area contributed by atoms with Gasteiger partial charge in [0, 0.05) is 0 Å². The normalized spacial score (nSPS) is 10.6. The Hall–Kier alpha value is -1.61. The molecule has 0 unspecified atom stereocenters. The van der Waals surface area contributed by atoms with Crippen LogP contribution in [0.1, 0.15) is 12.5 Å². The van der Waals surface area contributed by atoms with E-state index in [-0.39, 0.29) is 0 Å². The van der Waals surface area contributed by atoms with E-state index in [1.807, 2.05) is 41.5 Å². The highest BCUT2D eigenvalue weighted by Crippen LogP contribution is 1.99. The van der Waals surface area contributed by atoms with Crippen LogP contribution < -0.4 is 4.57 Å². The van der Waals surface area contributed by atoms with Gasteiger partial charge in [-0.25, -0.2) is 9.13 Å². The second kappa shape index (κ2) is 5.47. The van der Waals surface area contributed by atoms with Gasteiger partial charge in [-0.2, -0.15) is 0 Å². The van der Waals surface area contributed by atoms with Crippen LogP contribution in [0.4, 0.5) is 0 Å². The molecule has 1 heterocycles. The Balaban J connectivity index is 1.80. The van der Waals surface area contributed by atoms with Gasteiger partial charge in [-0.05, 0) is 12.5 Å². The Morgan fingerprint density at radius 3 is 2.75 bits per heavy atom. The molecule has 3 nitrogen and oxygen atoms in total. The van der Waals surface area contributed by atoms with Crippen molar-refractivity contribution >= 4 is 0 Å². The Labute approximate surface area is 95.9 Å². The zero-order valence-corrected chi connectivity index (χ0v) is 9.54. The summed E-state index contributed by atoms with van der Waals surface area (Å²) in [6.07, 6.45) is 6.12. The molecule has 0 atom stereocenters. The lowest BCUT2D eigenvalue weighted by molar-refractivity contribution is -0.733. The van der Waals surface area contributed by atoms with Crippen LogP contribution in [-0.4, -0.2) is 4.57 Å². The molecule has 1 aromatic carbocycles. The number of hydrogen-bond acceptors (Lipinski definition) is 1. The molecule has 2 aromatic rings. The smallest absolute Gasteiger partial charge is 0.245 e. The first-order valence-corrected chi connectivity index (χ1v) is 5.55. The van der Waals surface area contributed by atoms with Gasteiger partial charge in [-0.3, -0.25) is 0 Å². The van der Waals surface area contributed by atoms with Crippen LogP contribution in [0.25, 0.3) is 0 Å². The number of hydrogen-bond donors (Lipinski definition) is 0. The zero-order chi connectivity index (χ0) is 11.2. The molecule has 1 aromatic heterocycles. The Morgan fingerprint density at radius 1 is 1.25 bits per heavy atom. The molecule has 0 spiro atoms. The van der Waals surface area contributed by atoms with Crippen molar-refractivity contribution in [3.05, 3.63) is 54.6 Å². The van der Waals surface area contributed by atoms with E-state index in [2.05, 4.69) is 23.6 Å². The van der Waals surface area contributed by atoms with E-state index < -0.39 is 0 Å². The fraction of sp³-hybridized carbons (Fsp3) is 0.308. The quantitative estimate of drug-likeness (QED) is 0.700. The maximum absolute atomic E-state index is 5.61. The van der Waals surface area contributed by atoms with Crippen molar-refractivity contribution in [2.24, 2.45) is 0 Å². The molecule has 0 saturated heterocycles. The third kappa shape index (κ3) is 2.94. The molecule has 0 fully saturated rings. The summed E-state index contributed by atoms with van der Waals surface area (Å²) < 4.78 is 9.76. The Bertz CT molecular complexity index is 423. The van der Waals surface area contributed by atoms with Crippen LogP contribution >= 0.6 is 0 Å². The first kappa shape index (κ1) is 10.9. The summed E-state index contributed by atoms with van der Waals surface area (Å²) in [7, 11) is 0. The maximum Gasteiger partial charge on any atom is 0.245 e. The molecule has 0 amide bonds. The third-order valence-corrected chi connectivity index (χ3v) is 2.46. The van der Waals surface area contributed by atoms with Gasteiger partial charge in [0.15, 0.2) is 6.73 Å². The number of benzene rings is 1. The van der Waals surface area contributed by atoms with Crippen LogP contribution in [0.5, 0.6) is 0 Å². The van der Waals surface area contributed by atoms with Crippen LogP contribution in [0, 0.1) is 0 Å². The minimum atomic E-state index is 0.599. The van der Waals surface area contributed by atoms with E-state index in [0.29, 0.717) is 13.3 Å². The lowest BCUT2D eigenvalue weighted by atomic mass is 10.2. The summed E-state index contributed by atoms with van der Waals surface area (Å²) in [4.78, 5) is 0. The van der Waals surface area contributed by atoms with Crippen molar-refractivity contribution in [1.82, 2.24) is 4.57 Å². The first-order valence-electron chi connectivity index (χ1n) is 5.55. The molecule has 0 saturated carbocycles. The van der Waals surface area contributed by atoms with Crippen LogP contribution in [0.2, 0.25) is 0 Å². The number of aromatic nitrogens is 2. The van der Waals surface area contributed by atoms with Crippen molar-refractivity contribution < 1.29 is 9.30 Å². The summed E-state index contributed by atoms with van der Waals surface area (Å²) in [5.74, 6) is 0. The molecular formula is C13H17N2O+. The first-order chi connectivity index (χ1) is 7.88. The molecule has 3 heteroatoms. The van der Waals surface area contributed by atoms with Crippen LogP contribution in [-0.2, 0) is 24.6 Å². The van der Waals surface area contributed by atoms with Crippen LogP contribution in [0.15, 0.2) is 49.1 Å². The predicted molar refractivity (Wildman–Crippen MR) is 61.5 cm³/mol. The fourth-order valence-corrected chi connectivity index (χ4v) is 1.55. The van der Waals surface area contributed by atoms with Gasteiger partial charge in [0.2, 0.25) is 6.33 Å². The monoisotopic (exact) mass is 217 g/mol. The van der Waals surface area contributed by atoms with Gasteiger partial charge in [0.1, 0.15) is 12.4 Å². The Kier molecular flexibility index (Phi) is 3.72. The highest BCUT2D eigenvalue weighted by atomic mass is 16.5. The highest BCUT2D eigenvalue weighted by molar-refractivity contribution is 5.13. The fourth-order valence-electron chi connectivity index (χ4n) is 1.55. The average Bonchev–Trinajstić information content (AvgIpc) is 2.78. The molecule has 0 radical (unpaired) electrons. The van der Waals surface area contributed by atoms with Gasteiger partial charge >= 0.3 is 0 Å². The van der Waals surface area contributed by atoms with Crippen molar-refractivity contribution in [3.63, 3.8) is 0 Å². The van der Waals surface area contributed by atoms with Gasteiger partial charge in [-0.15, -0.1) is 0 Å². The third-order valence-electron chi connectivity index (χ3n) is 2.46. The van der Waals surface area contributed by atoms with Gasteiger partial charge in [0.05, 0.1) is 13.2 Å². The van der Waals surface area contributed by atoms with Crippen molar-refractivity contribution in [3.8, 4) is 0 Å². The summed E-state index contributed by atoms with van der Waals surface area (Å²) in [5.41, 5.74) is 1.21. The van der Waals surface area contributed by atoms with E-state index in [4.69, 9.17) is 4.74 Å². The lowest BCUT2D eigenvalue weighted by Crippen LogP contribution is -2.32. The summed E-state index contributed by atoms with van der Waals surface area (Å²) in [6, 6.07) is 10.2. The molecule has 16 heavy (non-hydrogen) atoms. The lowest BCUT2D eigenvalue weighted by Gasteiger charge is -2.01. The number of imidazole rings is 1. The number of aryl methyl sites for hydroxylation is 1. The van der Waals surface area contributed by atoms with E-state index in [1.165, 1.54) is 5.56 Å². The van der Waals surface area contributed by atoms with Gasteiger partial charge in [0.25, 0.3) is 0 Å². The second-order valence-corrected chi connectivity index (χ2v) is 3.72. The van der Waals surface area contributed by atoms with E-state index in [1.54, 1.807) is 0 Å². The molecule has 0 aliphatic heterocycles. The number of nitrogens with zero attached hydrogens (tertiary/aromatic N) is 2. The predicted octanol–water partition coefficient (Wildman–Crippen LogP) is 1.97. The molecule has 0 aliphatic carbocycles. The topological polar surface area (TPSA) is 18.0 Å². The van der Waals surface area contributed by atoms with Crippen molar-refractivity contribution in [1.29, 1.82) is 0 Å². The van der Waals surface area contributed by atoms with Gasteiger partial charge in [-0.1, -0.05) is 30.3 Å². The standard InChI is InChI=1S/C13H17N2O/c1-2-14-8-9-15(11-14)12-16-10-13-6-4-3-5-7-13/h3-9,11H,2,10,12H2,1H3/q+1. The van der Waals surface area contributed by atoms with E-state index >= 15 is 0 Å². The highest BCUT2D eigenvalue weighted by Gasteiger charge is 2.01. The molecule has 0 aliphatic rings. The van der Waals surface area contributed by atoms with E-state index in [9.17, 15) is 0 Å². The van der Waals surface area contributed by atoms with Crippen LogP contribution in [0.3, 0.4) is 0 Å². The minimum Gasteiger partial charge on any atom is -0.337 e. The molecular weight excluding hydrogens is 200 g/mol. The summed E-state index contributed by atoms with van der Waals surface area (Å²) >= 11 is 0. The largest absolute Gasteiger partial charge is 0.337 e. The summed E-state index contributed by atoms with van der Waals surface area (Å²) in [5, 5.41) is 0.